The van der Waals surface area contributed by atoms with Gasteiger partial charge in [0.05, 0.1) is 6.54 Å². The van der Waals surface area contributed by atoms with Gasteiger partial charge >= 0.3 is 0 Å². The second kappa shape index (κ2) is 5.67. The number of aryl methyl sites for hydroxylation is 1. The van der Waals surface area contributed by atoms with E-state index in [9.17, 15) is 0 Å². The van der Waals surface area contributed by atoms with Crippen LogP contribution < -0.4 is 5.32 Å². The van der Waals surface area contributed by atoms with Crippen LogP contribution in [0.1, 0.15) is 38.2 Å². The summed E-state index contributed by atoms with van der Waals surface area (Å²) in [5.41, 5.74) is 2.47. The van der Waals surface area contributed by atoms with Crippen LogP contribution in [0.15, 0.2) is 30.6 Å². The maximum Gasteiger partial charge on any atom is 0.146 e. The topological polar surface area (TPSA) is 42.7 Å². The van der Waals surface area contributed by atoms with Gasteiger partial charge in [0, 0.05) is 11.7 Å². The molecule has 0 aliphatic rings. The van der Waals surface area contributed by atoms with E-state index < -0.39 is 0 Å². The van der Waals surface area contributed by atoms with Crippen molar-refractivity contribution < 1.29 is 0 Å². The van der Waals surface area contributed by atoms with Crippen molar-refractivity contribution in [3.8, 4) is 0 Å². The molecule has 2 aromatic rings. The highest BCUT2D eigenvalue weighted by Gasteiger charge is 2.06. The van der Waals surface area contributed by atoms with Crippen LogP contribution in [0.4, 0.5) is 5.69 Å². The van der Waals surface area contributed by atoms with Gasteiger partial charge < -0.3 is 5.32 Å². The molecule has 0 fully saturated rings. The number of hydrogen-bond donors (Lipinski definition) is 1. The molecule has 0 bridgehead atoms. The third-order valence-corrected chi connectivity index (χ3v) is 2.92. The Hall–Kier alpha value is -1.84. The SMILES string of the molecule is CCc1cccc(NCc2ncnn2C(C)C)c1. The molecule has 1 heterocycles. The number of nitrogens with one attached hydrogen (secondary N) is 1. The van der Waals surface area contributed by atoms with Crippen LogP contribution in [0.3, 0.4) is 0 Å². The quantitative estimate of drug-likeness (QED) is 0.879. The van der Waals surface area contributed by atoms with E-state index in [0.29, 0.717) is 12.6 Å². The van der Waals surface area contributed by atoms with E-state index in [0.717, 1.165) is 17.9 Å². The summed E-state index contributed by atoms with van der Waals surface area (Å²) in [4.78, 5) is 4.28. The summed E-state index contributed by atoms with van der Waals surface area (Å²) in [7, 11) is 0. The molecule has 1 aromatic heterocycles. The first-order valence-corrected chi connectivity index (χ1v) is 6.42. The maximum atomic E-state index is 4.28. The Labute approximate surface area is 108 Å². The standard InChI is InChI=1S/C14H20N4/c1-4-12-6-5-7-13(8-12)15-9-14-16-10-17-18(14)11(2)3/h5-8,10-11,15H,4,9H2,1-3H3. The van der Waals surface area contributed by atoms with Crippen molar-refractivity contribution in [2.75, 3.05) is 5.32 Å². The molecule has 0 saturated carbocycles. The minimum absolute atomic E-state index is 0.339. The van der Waals surface area contributed by atoms with E-state index >= 15 is 0 Å². The maximum absolute atomic E-state index is 4.28. The fourth-order valence-electron chi connectivity index (χ4n) is 1.91. The molecule has 0 spiro atoms. The number of rotatable bonds is 5. The third kappa shape index (κ3) is 2.88. The summed E-state index contributed by atoms with van der Waals surface area (Å²) in [5, 5.41) is 7.62. The number of nitrogens with zero attached hydrogens (tertiary/aromatic N) is 3. The van der Waals surface area contributed by atoms with Crippen molar-refractivity contribution in [1.82, 2.24) is 14.8 Å². The molecule has 2 rings (SSSR count). The van der Waals surface area contributed by atoms with Crippen molar-refractivity contribution >= 4 is 5.69 Å². The second-order valence-electron chi connectivity index (χ2n) is 4.62. The molecule has 96 valence electrons. The Bertz CT molecular complexity index is 502. The summed E-state index contributed by atoms with van der Waals surface area (Å²) < 4.78 is 1.94. The predicted molar refractivity (Wildman–Crippen MR) is 73.6 cm³/mol. The first kappa shape index (κ1) is 12.6. The van der Waals surface area contributed by atoms with E-state index in [1.807, 2.05) is 4.68 Å². The Morgan fingerprint density at radius 3 is 2.89 bits per heavy atom. The highest BCUT2D eigenvalue weighted by Crippen LogP contribution is 2.13. The molecule has 0 unspecified atom stereocenters. The number of anilines is 1. The number of aromatic nitrogens is 3. The third-order valence-electron chi connectivity index (χ3n) is 2.92. The van der Waals surface area contributed by atoms with Crippen LogP contribution in [0.25, 0.3) is 0 Å². The zero-order valence-corrected chi connectivity index (χ0v) is 11.2. The van der Waals surface area contributed by atoms with Gasteiger partial charge in [-0.1, -0.05) is 19.1 Å². The van der Waals surface area contributed by atoms with E-state index in [4.69, 9.17) is 0 Å². The van der Waals surface area contributed by atoms with Crippen LogP contribution in [0.2, 0.25) is 0 Å². The van der Waals surface area contributed by atoms with Gasteiger partial charge in [0.15, 0.2) is 0 Å². The Morgan fingerprint density at radius 1 is 1.33 bits per heavy atom. The molecule has 0 atom stereocenters. The van der Waals surface area contributed by atoms with Gasteiger partial charge in [-0.2, -0.15) is 5.10 Å². The van der Waals surface area contributed by atoms with E-state index in [1.165, 1.54) is 5.56 Å². The lowest BCUT2D eigenvalue weighted by molar-refractivity contribution is 0.509. The summed E-state index contributed by atoms with van der Waals surface area (Å²) in [6, 6.07) is 8.81. The van der Waals surface area contributed by atoms with Crippen molar-refractivity contribution in [3.05, 3.63) is 42.0 Å². The molecule has 0 aliphatic carbocycles. The summed E-state index contributed by atoms with van der Waals surface area (Å²) in [6.45, 7) is 7.08. The second-order valence-corrected chi connectivity index (χ2v) is 4.62. The van der Waals surface area contributed by atoms with Crippen molar-refractivity contribution in [2.45, 2.75) is 39.8 Å². The minimum Gasteiger partial charge on any atom is -0.378 e. The molecule has 0 amide bonds. The van der Waals surface area contributed by atoms with Gasteiger partial charge in [0.1, 0.15) is 12.2 Å². The average Bonchev–Trinajstić information content (AvgIpc) is 2.85. The van der Waals surface area contributed by atoms with Crippen LogP contribution in [0, 0.1) is 0 Å². The monoisotopic (exact) mass is 244 g/mol. The van der Waals surface area contributed by atoms with E-state index in [2.05, 4.69) is 60.4 Å². The van der Waals surface area contributed by atoms with Crippen molar-refractivity contribution in [2.24, 2.45) is 0 Å². The van der Waals surface area contributed by atoms with Gasteiger partial charge in [0.25, 0.3) is 0 Å². The Morgan fingerprint density at radius 2 is 2.17 bits per heavy atom. The molecular formula is C14H20N4. The summed E-state index contributed by atoms with van der Waals surface area (Å²) >= 11 is 0. The number of hydrogen-bond acceptors (Lipinski definition) is 3. The molecule has 0 aliphatic heterocycles. The van der Waals surface area contributed by atoms with Crippen LogP contribution in [0.5, 0.6) is 0 Å². The Kier molecular flexibility index (Phi) is 3.97. The molecule has 0 saturated heterocycles. The van der Waals surface area contributed by atoms with Crippen LogP contribution >= 0.6 is 0 Å². The fraction of sp³-hybridized carbons (Fsp3) is 0.429. The fourth-order valence-corrected chi connectivity index (χ4v) is 1.91. The van der Waals surface area contributed by atoms with E-state index in [1.54, 1.807) is 6.33 Å². The first-order valence-electron chi connectivity index (χ1n) is 6.42. The van der Waals surface area contributed by atoms with Gasteiger partial charge in [-0.25, -0.2) is 9.67 Å². The number of benzene rings is 1. The van der Waals surface area contributed by atoms with E-state index in [-0.39, 0.29) is 0 Å². The van der Waals surface area contributed by atoms with Crippen LogP contribution in [-0.2, 0) is 13.0 Å². The van der Waals surface area contributed by atoms with Crippen molar-refractivity contribution in [1.29, 1.82) is 0 Å². The zero-order chi connectivity index (χ0) is 13.0. The molecule has 1 N–H and O–H groups in total. The van der Waals surface area contributed by atoms with Crippen LogP contribution in [-0.4, -0.2) is 14.8 Å². The lowest BCUT2D eigenvalue weighted by Crippen LogP contribution is -2.12. The van der Waals surface area contributed by atoms with Gasteiger partial charge in [0.2, 0.25) is 0 Å². The zero-order valence-electron chi connectivity index (χ0n) is 11.2. The predicted octanol–water partition coefficient (Wildman–Crippen LogP) is 3.03. The van der Waals surface area contributed by atoms with Gasteiger partial charge in [-0.3, -0.25) is 0 Å². The van der Waals surface area contributed by atoms with Gasteiger partial charge in [-0.05, 0) is 38.0 Å². The molecule has 4 nitrogen and oxygen atoms in total. The molecule has 4 heteroatoms. The Balaban J connectivity index is 2.04. The highest BCUT2D eigenvalue weighted by molar-refractivity contribution is 5.45. The smallest absolute Gasteiger partial charge is 0.146 e. The molecule has 1 aromatic carbocycles. The average molecular weight is 244 g/mol. The van der Waals surface area contributed by atoms with Gasteiger partial charge in [-0.15, -0.1) is 0 Å². The normalized spacial score (nSPS) is 10.9. The lowest BCUT2D eigenvalue weighted by Gasteiger charge is -2.11. The summed E-state index contributed by atoms with van der Waals surface area (Å²) in [6.07, 6.45) is 2.66. The highest BCUT2D eigenvalue weighted by atomic mass is 15.3. The molecule has 18 heavy (non-hydrogen) atoms. The van der Waals surface area contributed by atoms with Crippen molar-refractivity contribution in [3.63, 3.8) is 0 Å². The molecular weight excluding hydrogens is 224 g/mol. The minimum atomic E-state index is 0.339. The lowest BCUT2D eigenvalue weighted by atomic mass is 10.1. The molecule has 0 radical (unpaired) electrons. The summed E-state index contributed by atoms with van der Waals surface area (Å²) in [5.74, 6) is 0.965. The first-order chi connectivity index (χ1) is 8.70. The largest absolute Gasteiger partial charge is 0.378 e.